The topological polar surface area (TPSA) is 30.7 Å². The van der Waals surface area contributed by atoms with Crippen LogP contribution in [0.5, 0.6) is 0 Å². The minimum absolute atomic E-state index is 0.209. The molecule has 0 amide bonds. The molecular formula is C8H3ClF3N3. The Morgan fingerprint density at radius 1 is 1.13 bits per heavy atom. The molecule has 3 nitrogen and oxygen atoms in total. The van der Waals surface area contributed by atoms with Gasteiger partial charge in [-0.2, -0.15) is 0 Å². The minimum Gasteiger partial charge on any atom is -0.266 e. The minimum atomic E-state index is -1.07. The zero-order chi connectivity index (χ0) is 11.0. The number of nitrogens with zero attached hydrogens (tertiary/aromatic N) is 3. The van der Waals surface area contributed by atoms with E-state index in [4.69, 9.17) is 11.6 Å². The molecule has 1 aromatic heterocycles. The van der Waals surface area contributed by atoms with Gasteiger partial charge in [-0.1, -0.05) is 0 Å². The molecule has 1 heterocycles. The molecule has 2 rings (SSSR count). The Labute approximate surface area is 87.1 Å². The lowest BCUT2D eigenvalue weighted by atomic mass is 10.3. The summed E-state index contributed by atoms with van der Waals surface area (Å²) in [5.74, 6) is -3.15. The van der Waals surface area contributed by atoms with Crippen LogP contribution in [0.25, 0.3) is 5.69 Å². The predicted octanol–water partition coefficient (Wildman–Crippen LogP) is 2.34. The molecule has 0 N–H and O–H groups in total. The molecule has 0 spiro atoms. The average molecular weight is 234 g/mol. The normalized spacial score (nSPS) is 10.7. The van der Waals surface area contributed by atoms with Gasteiger partial charge in [0.05, 0.1) is 0 Å². The lowest BCUT2D eigenvalue weighted by molar-refractivity contribution is 0.534. The first-order chi connectivity index (χ1) is 7.09. The summed E-state index contributed by atoms with van der Waals surface area (Å²) in [6.45, 7) is 0. The first-order valence-electron chi connectivity index (χ1n) is 3.80. The van der Waals surface area contributed by atoms with Gasteiger partial charge in [0.25, 0.3) is 0 Å². The Morgan fingerprint density at radius 3 is 2.20 bits per heavy atom. The molecular weight excluding hydrogens is 231 g/mol. The van der Waals surface area contributed by atoms with Gasteiger partial charge in [-0.05, 0) is 11.6 Å². The van der Waals surface area contributed by atoms with Crippen molar-refractivity contribution in [3.63, 3.8) is 0 Å². The van der Waals surface area contributed by atoms with E-state index >= 15 is 0 Å². The van der Waals surface area contributed by atoms with Crippen molar-refractivity contribution < 1.29 is 13.2 Å². The second kappa shape index (κ2) is 3.54. The summed E-state index contributed by atoms with van der Waals surface area (Å²) in [5, 5.41) is 6.50. The third kappa shape index (κ3) is 1.68. The van der Waals surface area contributed by atoms with Crippen molar-refractivity contribution in [2.45, 2.75) is 0 Å². The molecule has 0 aliphatic rings. The van der Waals surface area contributed by atoms with E-state index in [9.17, 15) is 13.2 Å². The first-order valence-corrected chi connectivity index (χ1v) is 4.18. The molecule has 2 aromatic rings. The quantitative estimate of drug-likeness (QED) is 0.757. The molecule has 0 aliphatic heterocycles. The van der Waals surface area contributed by atoms with Crippen LogP contribution in [0.4, 0.5) is 13.2 Å². The molecule has 0 aliphatic carbocycles. The van der Waals surface area contributed by atoms with E-state index in [0.29, 0.717) is 12.1 Å². The molecule has 0 saturated heterocycles. The van der Waals surface area contributed by atoms with Gasteiger partial charge in [0.1, 0.15) is 17.8 Å². The van der Waals surface area contributed by atoms with Crippen LogP contribution < -0.4 is 0 Å². The molecule has 0 bridgehead atoms. The molecule has 1 aromatic carbocycles. The lowest BCUT2D eigenvalue weighted by Gasteiger charge is -2.05. The number of benzene rings is 1. The number of rotatable bonds is 1. The fourth-order valence-corrected chi connectivity index (χ4v) is 1.31. The third-order valence-corrected chi connectivity index (χ3v) is 1.99. The highest BCUT2D eigenvalue weighted by molar-refractivity contribution is 6.28. The van der Waals surface area contributed by atoms with Crippen molar-refractivity contribution >= 4 is 11.6 Å². The zero-order valence-corrected chi connectivity index (χ0v) is 7.84. The van der Waals surface area contributed by atoms with Crippen molar-refractivity contribution in [2.75, 3.05) is 0 Å². The van der Waals surface area contributed by atoms with Crippen molar-refractivity contribution in [3.05, 3.63) is 41.2 Å². The highest BCUT2D eigenvalue weighted by Gasteiger charge is 2.15. The second-order valence-corrected chi connectivity index (χ2v) is 3.03. The van der Waals surface area contributed by atoms with E-state index in [-0.39, 0.29) is 5.28 Å². The number of halogens is 4. The van der Waals surface area contributed by atoms with Crippen molar-refractivity contribution in [2.24, 2.45) is 0 Å². The smallest absolute Gasteiger partial charge is 0.229 e. The Kier molecular flexibility index (Phi) is 2.36. The third-order valence-electron chi connectivity index (χ3n) is 1.73. The largest absolute Gasteiger partial charge is 0.266 e. The summed E-state index contributed by atoms with van der Waals surface area (Å²) in [5.41, 5.74) is -0.508. The Bertz CT molecular complexity index is 489. The molecule has 78 valence electrons. The molecule has 0 saturated carbocycles. The summed E-state index contributed by atoms with van der Waals surface area (Å²) >= 11 is 5.52. The standard InChI is InChI=1S/C8H3ClF3N3/c9-8-14-13-3-15(8)7-5(11)1-4(10)2-6(7)12/h1-3H. The second-order valence-electron chi connectivity index (χ2n) is 2.69. The van der Waals surface area contributed by atoms with Crippen molar-refractivity contribution in [3.8, 4) is 5.69 Å². The van der Waals surface area contributed by atoms with Crippen LogP contribution in [0, 0.1) is 17.5 Å². The van der Waals surface area contributed by atoms with Crippen molar-refractivity contribution in [1.29, 1.82) is 0 Å². The van der Waals surface area contributed by atoms with Gasteiger partial charge in [0.15, 0.2) is 11.6 Å². The fraction of sp³-hybridized carbons (Fsp3) is 0. The van der Waals surface area contributed by atoms with Crippen molar-refractivity contribution in [1.82, 2.24) is 14.8 Å². The van der Waals surface area contributed by atoms with E-state index in [2.05, 4.69) is 10.2 Å². The van der Waals surface area contributed by atoms with Gasteiger partial charge < -0.3 is 0 Å². The van der Waals surface area contributed by atoms with Gasteiger partial charge in [-0.15, -0.1) is 10.2 Å². The molecule has 0 fully saturated rings. The summed E-state index contributed by atoms with van der Waals surface area (Å²) in [4.78, 5) is 0. The molecule has 0 unspecified atom stereocenters. The van der Waals surface area contributed by atoms with E-state index in [1.165, 1.54) is 0 Å². The summed E-state index contributed by atoms with van der Waals surface area (Å²) in [7, 11) is 0. The van der Waals surface area contributed by atoms with E-state index < -0.39 is 23.1 Å². The Morgan fingerprint density at radius 2 is 1.73 bits per heavy atom. The number of aromatic nitrogens is 3. The SMILES string of the molecule is Fc1cc(F)c(-n2cnnc2Cl)c(F)c1. The van der Waals surface area contributed by atoms with Crippen LogP contribution >= 0.6 is 11.6 Å². The summed E-state index contributed by atoms with van der Waals surface area (Å²) in [6, 6.07) is 1.10. The Hall–Kier alpha value is -1.56. The maximum atomic E-state index is 13.2. The van der Waals surface area contributed by atoms with Crippen LogP contribution in [0.2, 0.25) is 5.28 Å². The van der Waals surface area contributed by atoms with E-state index in [0.717, 1.165) is 10.9 Å². The monoisotopic (exact) mass is 233 g/mol. The van der Waals surface area contributed by atoms with Gasteiger partial charge >= 0.3 is 0 Å². The molecule has 0 atom stereocenters. The van der Waals surface area contributed by atoms with Gasteiger partial charge in [-0.3, -0.25) is 4.57 Å². The molecule has 0 radical (unpaired) electrons. The van der Waals surface area contributed by atoms with Crippen LogP contribution in [-0.2, 0) is 0 Å². The summed E-state index contributed by atoms with van der Waals surface area (Å²) < 4.78 is 40.0. The first kappa shape index (κ1) is 9.97. The maximum absolute atomic E-state index is 13.2. The predicted molar refractivity (Wildman–Crippen MR) is 46.2 cm³/mol. The highest BCUT2D eigenvalue weighted by Crippen LogP contribution is 2.21. The zero-order valence-electron chi connectivity index (χ0n) is 7.09. The van der Waals surface area contributed by atoms with Crippen LogP contribution in [0.15, 0.2) is 18.5 Å². The fourth-order valence-electron chi connectivity index (χ4n) is 1.14. The van der Waals surface area contributed by atoms with E-state index in [1.54, 1.807) is 0 Å². The number of hydrogen-bond donors (Lipinski definition) is 0. The number of hydrogen-bond acceptors (Lipinski definition) is 2. The lowest BCUT2D eigenvalue weighted by Crippen LogP contribution is -2.01. The molecule has 15 heavy (non-hydrogen) atoms. The van der Waals surface area contributed by atoms with Gasteiger partial charge in [0.2, 0.25) is 5.28 Å². The maximum Gasteiger partial charge on any atom is 0.229 e. The van der Waals surface area contributed by atoms with Gasteiger partial charge in [0, 0.05) is 12.1 Å². The van der Waals surface area contributed by atoms with Crippen LogP contribution in [0.3, 0.4) is 0 Å². The van der Waals surface area contributed by atoms with Crippen LogP contribution in [0.1, 0.15) is 0 Å². The molecule has 7 heteroatoms. The Balaban J connectivity index is 2.68. The average Bonchev–Trinajstić information content (AvgIpc) is 2.50. The van der Waals surface area contributed by atoms with Gasteiger partial charge in [-0.25, -0.2) is 13.2 Å². The summed E-state index contributed by atoms with van der Waals surface area (Å²) in [6.07, 6.45) is 1.03. The highest BCUT2D eigenvalue weighted by atomic mass is 35.5. The van der Waals surface area contributed by atoms with E-state index in [1.807, 2.05) is 0 Å². The van der Waals surface area contributed by atoms with Crippen LogP contribution in [-0.4, -0.2) is 14.8 Å².